The van der Waals surface area contributed by atoms with E-state index in [1.54, 1.807) is 0 Å². The molecule has 3 N–H and O–H groups in total. The van der Waals surface area contributed by atoms with Gasteiger partial charge in [0.2, 0.25) is 0 Å². The highest BCUT2D eigenvalue weighted by atomic mass is 15.1. The van der Waals surface area contributed by atoms with Crippen LogP contribution in [-0.2, 0) is 13.0 Å². The quantitative estimate of drug-likeness (QED) is 0.300. The van der Waals surface area contributed by atoms with E-state index in [2.05, 4.69) is 92.3 Å². The van der Waals surface area contributed by atoms with Crippen molar-refractivity contribution in [3.05, 3.63) is 102 Å². The molecule has 0 spiro atoms. The number of anilines is 2. The molecule has 3 aromatic rings. The molecule has 0 amide bonds. The number of nitrogens with two attached hydrogens (primary N) is 1. The summed E-state index contributed by atoms with van der Waals surface area (Å²) in [4.78, 5) is 6.82. The summed E-state index contributed by atoms with van der Waals surface area (Å²) in [6.07, 6.45) is 1.91. The van der Waals surface area contributed by atoms with Crippen LogP contribution in [0.4, 0.5) is 17.1 Å². The molecule has 0 saturated heterocycles. The summed E-state index contributed by atoms with van der Waals surface area (Å²) in [5, 5.41) is 3.48. The Morgan fingerprint density at radius 1 is 1.00 bits per heavy atom. The normalized spacial score (nSPS) is 10.6. The lowest BCUT2D eigenvalue weighted by atomic mass is 10.0. The highest BCUT2D eigenvalue weighted by Gasteiger charge is 2.19. The molecule has 0 bridgehead atoms. The van der Waals surface area contributed by atoms with Crippen molar-refractivity contribution in [2.45, 2.75) is 40.2 Å². The molecule has 0 aliphatic rings. The number of nitrogens with zero attached hydrogens (tertiary/aromatic N) is 2. The Labute approximate surface area is 204 Å². The number of aryl methyl sites for hydroxylation is 2. The second-order valence-corrected chi connectivity index (χ2v) is 8.64. The minimum atomic E-state index is 0.535. The van der Waals surface area contributed by atoms with E-state index in [0.717, 1.165) is 59.8 Å². The zero-order chi connectivity index (χ0) is 24.7. The van der Waals surface area contributed by atoms with E-state index in [1.807, 2.05) is 24.3 Å². The lowest BCUT2D eigenvalue weighted by Gasteiger charge is -2.30. The van der Waals surface area contributed by atoms with E-state index >= 15 is 0 Å². The Hall–Kier alpha value is -3.79. The largest absolute Gasteiger partial charge is 0.399 e. The fourth-order valence-corrected chi connectivity index (χ4v) is 4.06. The van der Waals surface area contributed by atoms with Gasteiger partial charge in [-0.2, -0.15) is 0 Å². The SMILES string of the molecule is C=Nc1cc(CC)cc(C(=C)Nc2cccc(C(=C)N)c2)c1N(CCC)Cc1ccc(C)cc1. The van der Waals surface area contributed by atoms with Crippen molar-refractivity contribution in [2.24, 2.45) is 10.7 Å². The van der Waals surface area contributed by atoms with Crippen LogP contribution >= 0.6 is 0 Å². The molecular weight excluding hydrogens is 416 g/mol. The first-order valence-electron chi connectivity index (χ1n) is 11.8. The molecule has 4 heteroatoms. The Morgan fingerprint density at radius 3 is 2.35 bits per heavy atom. The van der Waals surface area contributed by atoms with E-state index in [0.29, 0.717) is 5.70 Å². The average molecular weight is 453 g/mol. The summed E-state index contributed by atoms with van der Waals surface area (Å²) in [5.41, 5.74) is 15.7. The molecule has 0 fully saturated rings. The van der Waals surface area contributed by atoms with Crippen LogP contribution < -0.4 is 16.0 Å². The van der Waals surface area contributed by atoms with Gasteiger partial charge in [-0.15, -0.1) is 0 Å². The van der Waals surface area contributed by atoms with Crippen LogP contribution in [0, 0.1) is 6.92 Å². The van der Waals surface area contributed by atoms with Gasteiger partial charge in [-0.25, -0.2) is 0 Å². The monoisotopic (exact) mass is 452 g/mol. The number of nitrogens with one attached hydrogen (secondary N) is 1. The minimum Gasteiger partial charge on any atom is -0.399 e. The third kappa shape index (κ3) is 5.96. The number of hydrogen-bond donors (Lipinski definition) is 2. The molecule has 3 rings (SSSR count). The van der Waals surface area contributed by atoms with Crippen molar-refractivity contribution in [1.29, 1.82) is 0 Å². The third-order valence-corrected chi connectivity index (χ3v) is 5.89. The molecule has 0 aliphatic carbocycles. The summed E-state index contributed by atoms with van der Waals surface area (Å²) < 4.78 is 0. The molecule has 0 heterocycles. The Morgan fingerprint density at radius 2 is 1.74 bits per heavy atom. The van der Waals surface area contributed by atoms with Crippen LogP contribution in [0.5, 0.6) is 0 Å². The second kappa shape index (κ2) is 11.4. The van der Waals surface area contributed by atoms with Gasteiger partial charge >= 0.3 is 0 Å². The number of aliphatic imine (C=N–C) groups is 1. The van der Waals surface area contributed by atoms with Crippen LogP contribution in [0.25, 0.3) is 11.4 Å². The first-order valence-corrected chi connectivity index (χ1v) is 11.8. The van der Waals surface area contributed by atoms with Gasteiger partial charge < -0.3 is 16.0 Å². The molecule has 176 valence electrons. The molecule has 0 aromatic heterocycles. The molecule has 0 aliphatic heterocycles. The average Bonchev–Trinajstić information content (AvgIpc) is 2.84. The van der Waals surface area contributed by atoms with Crippen molar-refractivity contribution >= 4 is 35.2 Å². The van der Waals surface area contributed by atoms with Gasteiger partial charge in [0, 0.05) is 35.7 Å². The second-order valence-electron chi connectivity index (χ2n) is 8.64. The van der Waals surface area contributed by atoms with Crippen LogP contribution in [-0.4, -0.2) is 13.3 Å². The summed E-state index contributed by atoms with van der Waals surface area (Å²) >= 11 is 0. The lowest BCUT2D eigenvalue weighted by Crippen LogP contribution is -2.25. The first-order chi connectivity index (χ1) is 16.4. The maximum atomic E-state index is 5.91. The molecule has 0 atom stereocenters. The number of rotatable bonds is 11. The molecule has 0 radical (unpaired) electrons. The van der Waals surface area contributed by atoms with Gasteiger partial charge in [0.05, 0.1) is 11.4 Å². The third-order valence-electron chi connectivity index (χ3n) is 5.89. The fraction of sp³-hybridized carbons (Fsp3) is 0.233. The topological polar surface area (TPSA) is 53.6 Å². The maximum Gasteiger partial charge on any atom is 0.0865 e. The van der Waals surface area contributed by atoms with Gasteiger partial charge in [-0.3, -0.25) is 4.99 Å². The standard InChI is InChI=1S/C30H36N4/c1-7-16-34(20-25-14-12-21(3)13-15-25)30-28(17-24(8-2)18-29(30)32-6)23(5)33-27-11-9-10-26(19-27)22(4)31/h9-15,17-19,33H,4-8,16,20,31H2,1-3H3. The van der Waals surface area contributed by atoms with Gasteiger partial charge in [0.15, 0.2) is 0 Å². The van der Waals surface area contributed by atoms with Crippen LogP contribution in [0.15, 0.2) is 78.8 Å². The van der Waals surface area contributed by atoms with E-state index in [-0.39, 0.29) is 0 Å². The first kappa shape index (κ1) is 24.8. The number of hydrogen-bond acceptors (Lipinski definition) is 4. The lowest BCUT2D eigenvalue weighted by molar-refractivity contribution is 0.766. The zero-order valence-electron chi connectivity index (χ0n) is 20.7. The maximum absolute atomic E-state index is 5.91. The molecule has 34 heavy (non-hydrogen) atoms. The molecule has 4 nitrogen and oxygen atoms in total. The molecule has 0 saturated carbocycles. The summed E-state index contributed by atoms with van der Waals surface area (Å²) in [6, 6.07) is 20.9. The van der Waals surface area contributed by atoms with E-state index in [9.17, 15) is 0 Å². The van der Waals surface area contributed by atoms with E-state index in [4.69, 9.17) is 5.73 Å². The van der Waals surface area contributed by atoms with Gasteiger partial charge in [0.25, 0.3) is 0 Å². The van der Waals surface area contributed by atoms with Crippen molar-refractivity contribution in [3.63, 3.8) is 0 Å². The highest BCUT2D eigenvalue weighted by molar-refractivity contribution is 5.89. The van der Waals surface area contributed by atoms with Crippen LogP contribution in [0.2, 0.25) is 0 Å². The Bertz CT molecular complexity index is 1170. The van der Waals surface area contributed by atoms with Crippen molar-refractivity contribution in [3.8, 4) is 0 Å². The van der Waals surface area contributed by atoms with Gasteiger partial charge in [0.1, 0.15) is 0 Å². The van der Waals surface area contributed by atoms with Crippen LogP contribution in [0.3, 0.4) is 0 Å². The van der Waals surface area contributed by atoms with Gasteiger partial charge in [-0.05, 0) is 67.4 Å². The fourth-order valence-electron chi connectivity index (χ4n) is 4.06. The Balaban J connectivity index is 2.06. The molecule has 0 unspecified atom stereocenters. The summed E-state index contributed by atoms with van der Waals surface area (Å²) in [5.74, 6) is 0. The summed E-state index contributed by atoms with van der Waals surface area (Å²) in [6.45, 7) is 20.3. The predicted octanol–water partition coefficient (Wildman–Crippen LogP) is 7.32. The van der Waals surface area contributed by atoms with Crippen LogP contribution in [0.1, 0.15) is 48.1 Å². The predicted molar refractivity (Wildman–Crippen MR) is 150 cm³/mol. The van der Waals surface area contributed by atoms with Crippen molar-refractivity contribution in [1.82, 2.24) is 0 Å². The van der Waals surface area contributed by atoms with Crippen molar-refractivity contribution < 1.29 is 0 Å². The van der Waals surface area contributed by atoms with Crippen molar-refractivity contribution in [2.75, 3.05) is 16.8 Å². The van der Waals surface area contributed by atoms with Gasteiger partial charge in [-0.1, -0.05) is 69.0 Å². The number of benzene rings is 3. The highest BCUT2D eigenvalue weighted by Crippen LogP contribution is 2.39. The minimum absolute atomic E-state index is 0.535. The Kier molecular flexibility index (Phi) is 8.31. The summed E-state index contributed by atoms with van der Waals surface area (Å²) in [7, 11) is 0. The zero-order valence-corrected chi connectivity index (χ0v) is 20.7. The molecular formula is C30H36N4. The van der Waals surface area contributed by atoms with E-state index in [1.165, 1.54) is 16.7 Å². The van der Waals surface area contributed by atoms with E-state index < -0.39 is 0 Å². The smallest absolute Gasteiger partial charge is 0.0865 e. The molecule has 3 aromatic carbocycles.